The first-order chi connectivity index (χ1) is 9.56. The normalized spacial score (nSPS) is 14.2. The molecule has 1 heterocycles. The maximum absolute atomic E-state index is 6.26. The molecular formula is C17H21ClN2. The molecule has 1 N–H and O–H groups in total. The lowest BCUT2D eigenvalue weighted by Crippen LogP contribution is -2.23. The molecule has 3 heteroatoms. The van der Waals surface area contributed by atoms with Gasteiger partial charge in [-0.1, -0.05) is 25.4 Å². The van der Waals surface area contributed by atoms with Gasteiger partial charge in [-0.25, -0.2) is 0 Å². The van der Waals surface area contributed by atoms with Crippen LogP contribution in [0.4, 0.5) is 0 Å². The van der Waals surface area contributed by atoms with Crippen LogP contribution in [0.3, 0.4) is 0 Å². The maximum Gasteiger partial charge on any atom is 0.0738 e. The van der Waals surface area contributed by atoms with Crippen LogP contribution < -0.4 is 5.32 Å². The molecule has 3 rings (SSSR count). The number of benzene rings is 1. The predicted molar refractivity (Wildman–Crippen MR) is 85.5 cm³/mol. The van der Waals surface area contributed by atoms with Crippen molar-refractivity contribution in [3.63, 3.8) is 0 Å². The van der Waals surface area contributed by atoms with Gasteiger partial charge in [-0.05, 0) is 55.0 Å². The summed E-state index contributed by atoms with van der Waals surface area (Å²) in [5.41, 5.74) is 6.45. The van der Waals surface area contributed by atoms with Crippen molar-refractivity contribution in [1.29, 1.82) is 0 Å². The fourth-order valence-corrected chi connectivity index (χ4v) is 3.37. The second-order valence-electron chi connectivity index (χ2n) is 6.02. The van der Waals surface area contributed by atoms with E-state index in [1.165, 1.54) is 34.2 Å². The highest BCUT2D eigenvalue weighted by Gasteiger charge is 2.20. The van der Waals surface area contributed by atoms with Gasteiger partial charge in [0.2, 0.25) is 0 Å². The summed E-state index contributed by atoms with van der Waals surface area (Å²) in [6.45, 7) is 7.37. The van der Waals surface area contributed by atoms with Crippen LogP contribution in [0.15, 0.2) is 12.1 Å². The average molecular weight is 289 g/mol. The zero-order valence-electron chi connectivity index (χ0n) is 12.4. The lowest BCUT2D eigenvalue weighted by atomic mass is 9.99. The van der Waals surface area contributed by atoms with Crippen molar-refractivity contribution in [3.05, 3.63) is 39.5 Å². The molecule has 2 nitrogen and oxygen atoms in total. The number of pyridine rings is 1. The number of nitrogens with one attached hydrogen (secondary N) is 1. The van der Waals surface area contributed by atoms with Crippen molar-refractivity contribution in [3.8, 4) is 0 Å². The molecule has 0 aliphatic heterocycles. The summed E-state index contributed by atoms with van der Waals surface area (Å²) >= 11 is 6.26. The second-order valence-corrected chi connectivity index (χ2v) is 6.46. The number of aromatic nitrogens is 1. The summed E-state index contributed by atoms with van der Waals surface area (Å²) in [6, 6.07) is 4.57. The second kappa shape index (κ2) is 5.34. The van der Waals surface area contributed by atoms with E-state index in [0.29, 0.717) is 6.04 Å². The number of hydrogen-bond acceptors (Lipinski definition) is 2. The van der Waals surface area contributed by atoms with Crippen LogP contribution in [0.25, 0.3) is 10.9 Å². The van der Waals surface area contributed by atoms with Crippen molar-refractivity contribution in [2.24, 2.45) is 0 Å². The molecular weight excluding hydrogens is 268 g/mol. The molecule has 0 atom stereocenters. The predicted octanol–water partition coefficient (Wildman–Crippen LogP) is 4.18. The van der Waals surface area contributed by atoms with Crippen LogP contribution in [0.5, 0.6) is 0 Å². The Balaban J connectivity index is 2.22. The molecule has 0 saturated heterocycles. The van der Waals surface area contributed by atoms with E-state index >= 15 is 0 Å². The largest absolute Gasteiger partial charge is 0.310 e. The molecule has 0 fully saturated rings. The van der Waals surface area contributed by atoms with E-state index in [1.54, 1.807) is 0 Å². The summed E-state index contributed by atoms with van der Waals surface area (Å²) in [4.78, 5) is 4.90. The molecule has 0 spiro atoms. The average Bonchev–Trinajstić information content (AvgIpc) is 2.83. The lowest BCUT2D eigenvalue weighted by Gasteiger charge is -2.16. The van der Waals surface area contributed by atoms with Crippen LogP contribution in [-0.2, 0) is 19.4 Å². The number of hydrogen-bond donors (Lipinski definition) is 1. The minimum atomic E-state index is 0.482. The van der Waals surface area contributed by atoms with Crippen LogP contribution in [-0.4, -0.2) is 11.0 Å². The molecule has 2 aromatic rings. The molecule has 0 bridgehead atoms. The SMILES string of the molecule is Cc1cc(Cl)cc2c(CNC(C)C)c3c(nc12)CCC3. The molecule has 20 heavy (non-hydrogen) atoms. The van der Waals surface area contributed by atoms with Crippen LogP contribution in [0, 0.1) is 6.92 Å². The monoisotopic (exact) mass is 288 g/mol. The molecule has 0 amide bonds. The fourth-order valence-electron chi connectivity index (χ4n) is 3.10. The highest BCUT2D eigenvalue weighted by molar-refractivity contribution is 6.31. The molecule has 1 aromatic heterocycles. The van der Waals surface area contributed by atoms with Crippen molar-refractivity contribution in [2.45, 2.75) is 52.6 Å². The first kappa shape index (κ1) is 13.8. The topological polar surface area (TPSA) is 24.9 Å². The third kappa shape index (κ3) is 2.43. The first-order valence-corrected chi connectivity index (χ1v) is 7.78. The Morgan fingerprint density at radius 3 is 2.85 bits per heavy atom. The van der Waals surface area contributed by atoms with Crippen LogP contribution >= 0.6 is 11.6 Å². The molecule has 1 aliphatic carbocycles. The number of nitrogens with zero attached hydrogens (tertiary/aromatic N) is 1. The Morgan fingerprint density at radius 2 is 2.10 bits per heavy atom. The molecule has 0 radical (unpaired) electrons. The maximum atomic E-state index is 6.26. The first-order valence-electron chi connectivity index (χ1n) is 7.40. The zero-order valence-corrected chi connectivity index (χ0v) is 13.1. The van der Waals surface area contributed by atoms with Gasteiger partial charge < -0.3 is 5.32 Å². The smallest absolute Gasteiger partial charge is 0.0738 e. The Morgan fingerprint density at radius 1 is 1.30 bits per heavy atom. The standard InChI is InChI=1S/C17H21ClN2/c1-10(2)19-9-15-13-5-4-6-16(13)20-17-11(3)7-12(18)8-14(15)17/h7-8,10,19H,4-6,9H2,1-3H3. The number of fused-ring (bicyclic) bond motifs is 2. The van der Waals surface area contributed by atoms with Gasteiger partial charge in [0.15, 0.2) is 0 Å². The Kier molecular flexibility index (Phi) is 3.70. The van der Waals surface area contributed by atoms with E-state index in [0.717, 1.165) is 29.9 Å². The van der Waals surface area contributed by atoms with Gasteiger partial charge in [0.25, 0.3) is 0 Å². The van der Waals surface area contributed by atoms with E-state index in [9.17, 15) is 0 Å². The summed E-state index contributed by atoms with van der Waals surface area (Å²) in [6.07, 6.45) is 3.49. The van der Waals surface area contributed by atoms with Crippen molar-refractivity contribution in [1.82, 2.24) is 10.3 Å². The number of halogens is 1. The highest BCUT2D eigenvalue weighted by Crippen LogP contribution is 2.33. The van der Waals surface area contributed by atoms with E-state index < -0.39 is 0 Å². The van der Waals surface area contributed by atoms with Crippen molar-refractivity contribution < 1.29 is 0 Å². The van der Waals surface area contributed by atoms with E-state index in [1.807, 2.05) is 6.07 Å². The molecule has 106 valence electrons. The summed E-state index contributed by atoms with van der Waals surface area (Å²) in [7, 11) is 0. The van der Waals surface area contributed by atoms with Gasteiger partial charge in [0.05, 0.1) is 5.52 Å². The van der Waals surface area contributed by atoms with Gasteiger partial charge in [0.1, 0.15) is 0 Å². The van der Waals surface area contributed by atoms with Gasteiger partial charge in [-0.3, -0.25) is 4.98 Å². The summed E-state index contributed by atoms with van der Waals surface area (Å²) < 4.78 is 0. The quantitative estimate of drug-likeness (QED) is 0.916. The Bertz CT molecular complexity index is 662. The minimum Gasteiger partial charge on any atom is -0.310 e. The molecule has 0 unspecified atom stereocenters. The van der Waals surface area contributed by atoms with E-state index in [4.69, 9.17) is 16.6 Å². The summed E-state index contributed by atoms with van der Waals surface area (Å²) in [5, 5.41) is 5.58. The Labute approximate surface area is 125 Å². The molecule has 1 aliphatic rings. The van der Waals surface area contributed by atoms with Gasteiger partial charge in [-0.2, -0.15) is 0 Å². The molecule has 0 saturated carbocycles. The van der Waals surface area contributed by atoms with Gasteiger partial charge in [-0.15, -0.1) is 0 Å². The van der Waals surface area contributed by atoms with Crippen LogP contribution in [0.2, 0.25) is 5.02 Å². The van der Waals surface area contributed by atoms with Crippen molar-refractivity contribution in [2.75, 3.05) is 0 Å². The Hall–Kier alpha value is -1.12. The van der Waals surface area contributed by atoms with Crippen molar-refractivity contribution >= 4 is 22.5 Å². The summed E-state index contributed by atoms with van der Waals surface area (Å²) in [5.74, 6) is 0. The number of aryl methyl sites for hydroxylation is 2. The number of rotatable bonds is 3. The zero-order chi connectivity index (χ0) is 14.3. The van der Waals surface area contributed by atoms with Gasteiger partial charge in [0, 0.05) is 28.7 Å². The molecule has 1 aromatic carbocycles. The third-order valence-corrected chi connectivity index (χ3v) is 4.30. The van der Waals surface area contributed by atoms with Gasteiger partial charge >= 0.3 is 0 Å². The fraction of sp³-hybridized carbons (Fsp3) is 0.471. The van der Waals surface area contributed by atoms with E-state index in [2.05, 4.69) is 32.2 Å². The van der Waals surface area contributed by atoms with Crippen LogP contribution in [0.1, 0.15) is 42.7 Å². The third-order valence-electron chi connectivity index (χ3n) is 4.08. The van der Waals surface area contributed by atoms with E-state index in [-0.39, 0.29) is 0 Å². The lowest BCUT2D eigenvalue weighted by molar-refractivity contribution is 0.588. The highest BCUT2D eigenvalue weighted by atomic mass is 35.5. The minimum absolute atomic E-state index is 0.482.